The molecule has 0 radical (unpaired) electrons. The molecule has 0 aliphatic heterocycles. The summed E-state index contributed by atoms with van der Waals surface area (Å²) in [7, 11) is 0. The summed E-state index contributed by atoms with van der Waals surface area (Å²) in [6.45, 7) is -2.00. The van der Waals surface area contributed by atoms with Crippen LogP contribution in [0.15, 0.2) is 24.3 Å². The molecule has 0 atom stereocenters. The molecular weight excluding hydrogens is 360 g/mol. The van der Waals surface area contributed by atoms with Crippen molar-refractivity contribution in [2.75, 3.05) is 6.54 Å². The van der Waals surface area contributed by atoms with E-state index in [0.717, 1.165) is 29.2 Å². The van der Waals surface area contributed by atoms with Crippen molar-refractivity contribution in [3.63, 3.8) is 0 Å². The zero-order chi connectivity index (χ0) is 19.4. The van der Waals surface area contributed by atoms with E-state index in [1.54, 1.807) is 0 Å². The number of rotatable bonds is 6. The molecule has 0 heterocycles. The first-order valence-corrected chi connectivity index (χ1v) is 7.21. The van der Waals surface area contributed by atoms with Crippen LogP contribution in [-0.4, -0.2) is 32.8 Å². The zero-order valence-corrected chi connectivity index (χ0v) is 13.1. The number of amides is 1. The monoisotopic (exact) mass is 374 g/mol. The molecule has 2 aromatic carbocycles. The standard InChI is InChI=1S/C16H14F4N2O4/c17-10-1-3-12(23)15(19)8(10)5-22(7-14(25)21-26)6-9-11(18)2-4-13(24)16(9)20/h1-4,23-24,26H,5-7H2,(H,21,25). The molecule has 0 aliphatic carbocycles. The van der Waals surface area contributed by atoms with Crippen LogP contribution in [-0.2, 0) is 17.9 Å². The minimum Gasteiger partial charge on any atom is -0.505 e. The molecule has 2 rings (SSSR count). The lowest BCUT2D eigenvalue weighted by Gasteiger charge is -2.22. The number of phenols is 2. The molecule has 1 amide bonds. The number of hydrogen-bond donors (Lipinski definition) is 4. The van der Waals surface area contributed by atoms with Crippen molar-refractivity contribution in [2.24, 2.45) is 0 Å². The van der Waals surface area contributed by atoms with Gasteiger partial charge in [0.15, 0.2) is 23.1 Å². The molecule has 0 aromatic heterocycles. The Morgan fingerprint density at radius 3 is 1.69 bits per heavy atom. The fraction of sp³-hybridized carbons (Fsp3) is 0.188. The van der Waals surface area contributed by atoms with Gasteiger partial charge in [-0.25, -0.2) is 23.0 Å². The smallest absolute Gasteiger partial charge is 0.257 e. The Labute approximate surface area is 144 Å². The maximum absolute atomic E-state index is 13.9. The number of hydroxylamine groups is 1. The first-order chi connectivity index (χ1) is 12.2. The number of hydrogen-bond acceptors (Lipinski definition) is 5. The highest BCUT2D eigenvalue weighted by molar-refractivity contribution is 5.76. The van der Waals surface area contributed by atoms with Crippen LogP contribution in [0.3, 0.4) is 0 Å². The summed E-state index contributed by atoms with van der Waals surface area (Å²) in [5, 5.41) is 27.3. The number of carbonyl (C=O) groups is 1. The first-order valence-electron chi connectivity index (χ1n) is 7.21. The summed E-state index contributed by atoms with van der Waals surface area (Å²) in [5.41, 5.74) is 0.00999. The summed E-state index contributed by atoms with van der Waals surface area (Å²) in [5.74, 6) is -7.39. The van der Waals surface area contributed by atoms with E-state index >= 15 is 0 Å². The van der Waals surface area contributed by atoms with Crippen molar-refractivity contribution in [1.29, 1.82) is 0 Å². The highest BCUT2D eigenvalue weighted by atomic mass is 19.1. The number of halogens is 4. The summed E-state index contributed by atoms with van der Waals surface area (Å²) in [6.07, 6.45) is 0. The third-order valence-electron chi connectivity index (χ3n) is 3.59. The second-order valence-corrected chi connectivity index (χ2v) is 5.40. The molecule has 6 nitrogen and oxygen atoms in total. The fourth-order valence-corrected chi connectivity index (χ4v) is 2.31. The van der Waals surface area contributed by atoms with Crippen LogP contribution in [0.5, 0.6) is 11.5 Å². The first kappa shape index (κ1) is 19.5. The van der Waals surface area contributed by atoms with E-state index in [4.69, 9.17) is 5.21 Å². The van der Waals surface area contributed by atoms with Gasteiger partial charge in [-0.1, -0.05) is 0 Å². The van der Waals surface area contributed by atoms with Crippen molar-refractivity contribution in [3.8, 4) is 11.5 Å². The van der Waals surface area contributed by atoms with E-state index < -0.39 is 71.4 Å². The molecule has 140 valence electrons. The van der Waals surface area contributed by atoms with E-state index in [1.807, 2.05) is 0 Å². The average molecular weight is 374 g/mol. The predicted molar refractivity (Wildman–Crippen MR) is 80.1 cm³/mol. The molecule has 0 spiro atoms. The van der Waals surface area contributed by atoms with Gasteiger partial charge in [-0.2, -0.15) is 0 Å². The van der Waals surface area contributed by atoms with E-state index in [-0.39, 0.29) is 0 Å². The highest BCUT2D eigenvalue weighted by Crippen LogP contribution is 2.26. The van der Waals surface area contributed by atoms with E-state index in [2.05, 4.69) is 0 Å². The highest BCUT2D eigenvalue weighted by Gasteiger charge is 2.22. The van der Waals surface area contributed by atoms with Crippen molar-refractivity contribution in [2.45, 2.75) is 13.1 Å². The molecule has 0 unspecified atom stereocenters. The number of carbonyl (C=O) groups excluding carboxylic acids is 1. The van der Waals surface area contributed by atoms with E-state index in [9.17, 15) is 32.6 Å². The Balaban J connectivity index is 2.38. The van der Waals surface area contributed by atoms with Crippen LogP contribution in [0, 0.1) is 23.3 Å². The number of nitrogens with zero attached hydrogens (tertiary/aromatic N) is 1. The molecule has 0 fully saturated rings. The Hall–Kier alpha value is -2.85. The Morgan fingerprint density at radius 1 is 0.885 bits per heavy atom. The van der Waals surface area contributed by atoms with Gasteiger partial charge in [0.05, 0.1) is 6.54 Å². The molecular formula is C16H14F4N2O4. The largest absolute Gasteiger partial charge is 0.505 e. The van der Waals surface area contributed by atoms with Gasteiger partial charge in [0, 0.05) is 24.2 Å². The molecule has 10 heteroatoms. The number of nitrogens with one attached hydrogen (secondary N) is 1. The van der Waals surface area contributed by atoms with Crippen LogP contribution < -0.4 is 5.48 Å². The van der Waals surface area contributed by atoms with Crippen LogP contribution in [0.25, 0.3) is 0 Å². The van der Waals surface area contributed by atoms with Gasteiger partial charge in [-0.15, -0.1) is 0 Å². The normalized spacial score (nSPS) is 11.0. The Bertz CT molecular complexity index is 773. The molecule has 0 saturated heterocycles. The summed E-state index contributed by atoms with van der Waals surface area (Å²) < 4.78 is 55.6. The van der Waals surface area contributed by atoms with Crippen LogP contribution >= 0.6 is 0 Å². The second kappa shape index (κ2) is 8.02. The molecule has 0 saturated carbocycles. The van der Waals surface area contributed by atoms with Crippen molar-refractivity contribution in [1.82, 2.24) is 10.4 Å². The third kappa shape index (κ3) is 4.21. The van der Waals surface area contributed by atoms with Gasteiger partial charge in [0.25, 0.3) is 5.91 Å². The van der Waals surface area contributed by atoms with Gasteiger partial charge in [-0.3, -0.25) is 14.9 Å². The quantitative estimate of drug-likeness (QED) is 0.353. The summed E-state index contributed by atoms with van der Waals surface area (Å²) in [6, 6.07) is 3.14. The topological polar surface area (TPSA) is 93.0 Å². The maximum Gasteiger partial charge on any atom is 0.257 e. The van der Waals surface area contributed by atoms with Crippen LogP contribution in [0.4, 0.5) is 17.6 Å². The molecule has 0 bridgehead atoms. The lowest BCUT2D eigenvalue weighted by Crippen LogP contribution is -2.36. The molecule has 26 heavy (non-hydrogen) atoms. The van der Waals surface area contributed by atoms with Crippen molar-refractivity contribution in [3.05, 3.63) is 58.7 Å². The average Bonchev–Trinajstić information content (AvgIpc) is 2.61. The lowest BCUT2D eigenvalue weighted by atomic mass is 10.1. The van der Waals surface area contributed by atoms with Crippen LogP contribution in [0.1, 0.15) is 11.1 Å². The fourth-order valence-electron chi connectivity index (χ4n) is 2.31. The third-order valence-corrected chi connectivity index (χ3v) is 3.59. The number of benzene rings is 2. The Kier molecular flexibility index (Phi) is 6.01. The summed E-state index contributed by atoms with van der Waals surface area (Å²) in [4.78, 5) is 12.3. The van der Waals surface area contributed by atoms with Gasteiger partial charge in [0.2, 0.25) is 0 Å². The van der Waals surface area contributed by atoms with Crippen molar-refractivity contribution >= 4 is 5.91 Å². The molecule has 0 aliphatic rings. The maximum atomic E-state index is 13.9. The number of phenolic OH excluding ortho intramolecular Hbond substituents is 2. The van der Waals surface area contributed by atoms with Gasteiger partial charge >= 0.3 is 0 Å². The van der Waals surface area contributed by atoms with E-state index in [0.29, 0.717) is 0 Å². The van der Waals surface area contributed by atoms with Gasteiger partial charge < -0.3 is 10.2 Å². The summed E-state index contributed by atoms with van der Waals surface area (Å²) >= 11 is 0. The lowest BCUT2D eigenvalue weighted by molar-refractivity contribution is -0.130. The van der Waals surface area contributed by atoms with Gasteiger partial charge in [-0.05, 0) is 24.3 Å². The minimum absolute atomic E-state index is 0.642. The van der Waals surface area contributed by atoms with Gasteiger partial charge in [0.1, 0.15) is 11.6 Å². The van der Waals surface area contributed by atoms with Crippen LogP contribution in [0.2, 0.25) is 0 Å². The SMILES string of the molecule is O=C(CN(Cc1c(F)ccc(O)c1F)Cc1c(F)ccc(O)c1F)NO. The minimum atomic E-state index is -1.30. The van der Waals surface area contributed by atoms with Crippen molar-refractivity contribution < 1.29 is 37.8 Å². The van der Waals surface area contributed by atoms with E-state index in [1.165, 1.54) is 5.48 Å². The second-order valence-electron chi connectivity index (χ2n) is 5.40. The predicted octanol–water partition coefficient (Wildman–Crippen LogP) is 2.16. The molecule has 2 aromatic rings. The Morgan fingerprint density at radius 2 is 1.31 bits per heavy atom. The number of aromatic hydroxyl groups is 2. The molecule has 4 N–H and O–H groups in total. The zero-order valence-electron chi connectivity index (χ0n) is 13.1.